The summed E-state index contributed by atoms with van der Waals surface area (Å²) in [5.74, 6) is -0.670. The number of aromatic nitrogens is 5. The van der Waals surface area contributed by atoms with Crippen molar-refractivity contribution in [2.75, 3.05) is 0 Å². The Hall–Kier alpha value is -3.30. The molecule has 1 N–H and O–H groups in total. The van der Waals surface area contributed by atoms with Crippen molar-refractivity contribution in [2.45, 2.75) is 27.3 Å². The maximum Gasteiger partial charge on any atom is 0.293 e. The smallest absolute Gasteiger partial charge is 0.293 e. The van der Waals surface area contributed by atoms with Crippen LogP contribution in [0.3, 0.4) is 0 Å². The van der Waals surface area contributed by atoms with Crippen molar-refractivity contribution in [3.8, 4) is 11.3 Å². The zero-order valence-electron chi connectivity index (χ0n) is 14.8. The number of hydrazone groups is 1. The quantitative estimate of drug-likeness (QED) is 0.553. The number of halogens is 1. The number of nitrogens with one attached hydrogen (secondary N) is 1. The van der Waals surface area contributed by atoms with Crippen molar-refractivity contribution in [3.63, 3.8) is 0 Å². The minimum absolute atomic E-state index is 0.0594. The summed E-state index contributed by atoms with van der Waals surface area (Å²) in [5, 5.41) is 15.7. The molecule has 26 heavy (non-hydrogen) atoms. The van der Waals surface area contributed by atoms with Gasteiger partial charge in [-0.05, 0) is 20.8 Å². The third kappa shape index (κ3) is 3.25. The molecule has 0 aliphatic heterocycles. The number of carbonyl (C=O) groups excluding carboxylic acids is 1. The summed E-state index contributed by atoms with van der Waals surface area (Å²) in [4.78, 5) is 12.1. The minimum atomic E-state index is -0.571. The van der Waals surface area contributed by atoms with Crippen molar-refractivity contribution in [1.29, 1.82) is 0 Å². The topological polar surface area (TPSA) is 103 Å². The first-order valence-electron chi connectivity index (χ1n) is 7.94. The summed E-state index contributed by atoms with van der Waals surface area (Å²) in [6.07, 6.45) is 3.02. The summed E-state index contributed by atoms with van der Waals surface area (Å²) in [6, 6.07) is 1.50. The lowest BCUT2D eigenvalue weighted by atomic mass is 10.2. The lowest BCUT2D eigenvalue weighted by molar-refractivity contribution is 0.0946. The Morgan fingerprint density at radius 3 is 2.77 bits per heavy atom. The van der Waals surface area contributed by atoms with Gasteiger partial charge in [0.05, 0.1) is 28.7 Å². The van der Waals surface area contributed by atoms with Crippen LogP contribution in [0.5, 0.6) is 0 Å². The van der Waals surface area contributed by atoms with Crippen LogP contribution in [0.1, 0.15) is 34.4 Å². The van der Waals surface area contributed by atoms with Crippen LogP contribution in [-0.2, 0) is 13.6 Å². The first-order valence-corrected chi connectivity index (χ1v) is 7.94. The van der Waals surface area contributed by atoms with Crippen molar-refractivity contribution in [2.24, 2.45) is 12.1 Å². The molecule has 3 rings (SSSR count). The molecule has 3 aromatic heterocycles. The van der Waals surface area contributed by atoms with Crippen LogP contribution in [0.15, 0.2) is 21.9 Å². The molecule has 0 aliphatic rings. The van der Waals surface area contributed by atoms with Gasteiger partial charge in [0.15, 0.2) is 11.5 Å². The van der Waals surface area contributed by atoms with E-state index in [1.807, 2.05) is 20.0 Å². The molecule has 0 fully saturated rings. The fraction of sp³-hybridized carbons (Fsp3) is 0.312. The maximum absolute atomic E-state index is 13.8. The van der Waals surface area contributed by atoms with Gasteiger partial charge < -0.3 is 4.52 Å². The molecular weight excluding hydrogens is 341 g/mol. The van der Waals surface area contributed by atoms with E-state index in [1.54, 1.807) is 11.6 Å². The van der Waals surface area contributed by atoms with E-state index in [1.165, 1.54) is 19.3 Å². The van der Waals surface area contributed by atoms with Gasteiger partial charge in [0.1, 0.15) is 0 Å². The molecule has 0 saturated heterocycles. The highest BCUT2D eigenvalue weighted by Crippen LogP contribution is 2.23. The first kappa shape index (κ1) is 17.5. The van der Waals surface area contributed by atoms with Crippen LogP contribution in [-0.4, -0.2) is 36.8 Å². The number of nitrogens with zero attached hydrogens (tertiary/aromatic N) is 6. The number of hydrogen-bond donors (Lipinski definition) is 1. The van der Waals surface area contributed by atoms with Gasteiger partial charge >= 0.3 is 0 Å². The largest absolute Gasteiger partial charge is 0.355 e. The zero-order chi connectivity index (χ0) is 18.8. The standard InChI is InChI=1S/C16H18FN7O2/c1-5-24-8-12(10(3)21-24)14-6-13(22-26-14)16(25)19-18-7-11-9(2)20-23(4)15(11)17/h6-8H,5H2,1-4H3,(H,19,25)/b18-7-. The van der Waals surface area contributed by atoms with Crippen LogP contribution in [0, 0.1) is 19.8 Å². The summed E-state index contributed by atoms with van der Waals surface area (Å²) < 4.78 is 21.9. The molecule has 0 unspecified atom stereocenters. The Labute approximate surface area is 148 Å². The van der Waals surface area contributed by atoms with Gasteiger partial charge in [0, 0.05) is 25.9 Å². The van der Waals surface area contributed by atoms with Gasteiger partial charge in [-0.3, -0.25) is 9.48 Å². The van der Waals surface area contributed by atoms with E-state index in [2.05, 4.69) is 25.9 Å². The molecule has 0 atom stereocenters. The second-order valence-corrected chi connectivity index (χ2v) is 5.67. The molecule has 3 heterocycles. The van der Waals surface area contributed by atoms with Gasteiger partial charge in [-0.15, -0.1) is 0 Å². The van der Waals surface area contributed by atoms with E-state index in [0.29, 0.717) is 11.5 Å². The number of rotatable bonds is 5. The van der Waals surface area contributed by atoms with Crippen LogP contribution in [0.4, 0.5) is 4.39 Å². The molecule has 3 aromatic rings. The fourth-order valence-electron chi connectivity index (χ4n) is 2.44. The van der Waals surface area contributed by atoms with E-state index in [-0.39, 0.29) is 11.3 Å². The molecule has 1 amide bonds. The predicted molar refractivity (Wildman–Crippen MR) is 91.1 cm³/mol. The van der Waals surface area contributed by atoms with Crippen LogP contribution < -0.4 is 5.43 Å². The summed E-state index contributed by atoms with van der Waals surface area (Å²) in [5.41, 5.74) is 4.56. The second-order valence-electron chi connectivity index (χ2n) is 5.67. The Balaban J connectivity index is 1.72. The van der Waals surface area contributed by atoms with Crippen LogP contribution in [0.25, 0.3) is 11.3 Å². The van der Waals surface area contributed by atoms with Gasteiger partial charge in [0.25, 0.3) is 5.91 Å². The molecular formula is C16H18FN7O2. The molecule has 0 radical (unpaired) electrons. The van der Waals surface area contributed by atoms with Crippen molar-refractivity contribution < 1.29 is 13.7 Å². The van der Waals surface area contributed by atoms with E-state index in [0.717, 1.165) is 22.5 Å². The lowest BCUT2D eigenvalue weighted by Crippen LogP contribution is -2.18. The van der Waals surface area contributed by atoms with E-state index in [4.69, 9.17) is 4.52 Å². The summed E-state index contributed by atoms with van der Waals surface area (Å²) in [7, 11) is 1.48. The number of aryl methyl sites for hydroxylation is 4. The molecule has 0 spiro atoms. The van der Waals surface area contributed by atoms with Crippen LogP contribution >= 0.6 is 0 Å². The van der Waals surface area contributed by atoms with E-state index >= 15 is 0 Å². The van der Waals surface area contributed by atoms with Crippen molar-refractivity contribution in [3.05, 3.63) is 40.9 Å². The monoisotopic (exact) mass is 359 g/mol. The van der Waals surface area contributed by atoms with Gasteiger partial charge in [-0.2, -0.15) is 19.7 Å². The Morgan fingerprint density at radius 2 is 2.15 bits per heavy atom. The summed E-state index contributed by atoms with van der Waals surface area (Å²) in [6.45, 7) is 6.19. The van der Waals surface area contributed by atoms with Crippen molar-refractivity contribution >= 4 is 12.1 Å². The molecule has 9 nitrogen and oxygen atoms in total. The van der Waals surface area contributed by atoms with Gasteiger partial charge in [0.2, 0.25) is 5.95 Å². The number of carbonyl (C=O) groups is 1. The van der Waals surface area contributed by atoms with E-state index in [9.17, 15) is 9.18 Å². The third-order valence-electron chi connectivity index (χ3n) is 3.83. The van der Waals surface area contributed by atoms with Crippen LogP contribution in [0.2, 0.25) is 0 Å². The first-order chi connectivity index (χ1) is 12.4. The molecule has 0 bridgehead atoms. The fourth-order valence-corrected chi connectivity index (χ4v) is 2.44. The predicted octanol–water partition coefficient (Wildman–Crippen LogP) is 1.81. The highest BCUT2D eigenvalue weighted by atomic mass is 19.1. The normalized spacial score (nSPS) is 11.4. The van der Waals surface area contributed by atoms with Gasteiger partial charge in [-0.1, -0.05) is 5.16 Å². The summed E-state index contributed by atoms with van der Waals surface area (Å²) >= 11 is 0. The Bertz CT molecular complexity index is 983. The minimum Gasteiger partial charge on any atom is -0.355 e. The van der Waals surface area contributed by atoms with Gasteiger partial charge in [-0.25, -0.2) is 10.1 Å². The average Bonchev–Trinajstić information content (AvgIpc) is 3.29. The Kier molecular flexibility index (Phi) is 4.65. The third-order valence-corrected chi connectivity index (χ3v) is 3.83. The Morgan fingerprint density at radius 1 is 1.38 bits per heavy atom. The molecule has 0 aliphatic carbocycles. The SMILES string of the molecule is CCn1cc(-c2cc(C(=O)N/N=C\c3c(C)nn(C)c3F)no2)c(C)n1. The zero-order valence-corrected chi connectivity index (χ0v) is 14.8. The maximum atomic E-state index is 13.8. The van der Waals surface area contributed by atoms with E-state index < -0.39 is 11.9 Å². The molecule has 0 saturated carbocycles. The number of amides is 1. The molecule has 10 heteroatoms. The second kappa shape index (κ2) is 6.90. The highest BCUT2D eigenvalue weighted by molar-refractivity contribution is 5.94. The molecule has 136 valence electrons. The highest BCUT2D eigenvalue weighted by Gasteiger charge is 2.17. The molecule has 0 aromatic carbocycles. The lowest BCUT2D eigenvalue weighted by Gasteiger charge is -1.94. The average molecular weight is 359 g/mol. The number of hydrogen-bond acceptors (Lipinski definition) is 6. The van der Waals surface area contributed by atoms with Crippen molar-refractivity contribution in [1.82, 2.24) is 30.1 Å².